The van der Waals surface area contributed by atoms with E-state index in [2.05, 4.69) is 10.00 Å². The largest absolute Gasteiger partial charge is 0.497 e. The highest BCUT2D eigenvalue weighted by molar-refractivity contribution is 5.98. The van der Waals surface area contributed by atoms with Crippen LogP contribution in [0.4, 0.5) is 10.5 Å². The Morgan fingerprint density at radius 1 is 1.12 bits per heavy atom. The molecular weight excluding hydrogens is 510 g/mol. The molecule has 2 aliphatic heterocycles. The van der Waals surface area contributed by atoms with Gasteiger partial charge in [0.2, 0.25) is 5.91 Å². The zero-order chi connectivity index (χ0) is 28.1. The van der Waals surface area contributed by atoms with Crippen molar-refractivity contribution in [2.24, 2.45) is 0 Å². The Bertz CT molecular complexity index is 1300. The maximum atomic E-state index is 14.2. The number of anilines is 1. The van der Waals surface area contributed by atoms with Gasteiger partial charge >= 0.3 is 6.09 Å². The number of hydrogen-bond donors (Lipinski definition) is 1. The topological polar surface area (TPSA) is 100 Å². The van der Waals surface area contributed by atoms with Crippen LogP contribution in [-0.2, 0) is 9.53 Å². The predicted octanol–water partition coefficient (Wildman–Crippen LogP) is 4.65. The normalized spacial score (nSPS) is 20.2. The lowest BCUT2D eigenvalue weighted by Crippen LogP contribution is -2.43. The highest BCUT2D eigenvalue weighted by atomic mass is 16.5. The van der Waals surface area contributed by atoms with Gasteiger partial charge in [-0.15, -0.1) is 0 Å². The summed E-state index contributed by atoms with van der Waals surface area (Å²) in [5.74, 6) is 0.631. The first-order valence-corrected chi connectivity index (χ1v) is 13.8. The Morgan fingerprint density at radius 2 is 1.95 bits per heavy atom. The molecular formula is C30H37N5O5. The van der Waals surface area contributed by atoms with E-state index >= 15 is 0 Å². The number of methoxy groups -OCH3 is 1. The summed E-state index contributed by atoms with van der Waals surface area (Å²) >= 11 is 0. The Kier molecular flexibility index (Phi) is 8.66. The molecule has 3 aromatic rings. The van der Waals surface area contributed by atoms with Gasteiger partial charge < -0.3 is 24.4 Å². The minimum Gasteiger partial charge on any atom is -0.497 e. The van der Waals surface area contributed by atoms with Crippen molar-refractivity contribution < 1.29 is 24.2 Å². The quantitative estimate of drug-likeness (QED) is 0.438. The maximum absolute atomic E-state index is 14.2. The summed E-state index contributed by atoms with van der Waals surface area (Å²) in [5.41, 5.74) is 3.68. The molecule has 0 aliphatic carbocycles. The van der Waals surface area contributed by atoms with Gasteiger partial charge in [0.15, 0.2) is 0 Å². The molecule has 40 heavy (non-hydrogen) atoms. The molecule has 2 aliphatic rings. The third-order valence-corrected chi connectivity index (χ3v) is 7.72. The van der Waals surface area contributed by atoms with E-state index in [0.29, 0.717) is 31.9 Å². The average Bonchev–Trinajstić information content (AvgIpc) is 3.42. The van der Waals surface area contributed by atoms with Crippen molar-refractivity contribution in [3.63, 3.8) is 0 Å². The fraction of sp³-hybridized carbons (Fsp3) is 0.433. The standard InChI is InChI=1S/C30H37N5O5/c1-32(30(37)38)16-17-33-14-6-15-34(29(36)28(33)23-7-5-8-26(19-23)39-2)25-12-10-22(11-13-25)24-20-31-35(21-24)27-9-3-4-18-40-27/h5,7-8,10-13,19-21,27-28H,3-4,6,9,14-18H2,1-2H3,(H,37,38). The molecule has 0 bridgehead atoms. The molecule has 1 aromatic heterocycles. The van der Waals surface area contributed by atoms with Crippen LogP contribution in [-0.4, -0.2) is 83.6 Å². The molecule has 0 spiro atoms. The van der Waals surface area contributed by atoms with Crippen molar-refractivity contribution in [2.45, 2.75) is 38.0 Å². The smallest absolute Gasteiger partial charge is 0.407 e. The van der Waals surface area contributed by atoms with Crippen LogP contribution in [0, 0.1) is 0 Å². The highest BCUT2D eigenvalue weighted by Crippen LogP contribution is 2.32. The summed E-state index contributed by atoms with van der Waals surface area (Å²) in [6.07, 6.45) is 6.84. The Labute approximate surface area is 234 Å². The molecule has 0 saturated carbocycles. The molecule has 2 saturated heterocycles. The van der Waals surface area contributed by atoms with E-state index < -0.39 is 12.1 Å². The van der Waals surface area contributed by atoms with Gasteiger partial charge in [0.1, 0.15) is 18.0 Å². The number of likely N-dealkylation sites (N-methyl/N-ethyl adjacent to an activating group) is 1. The summed E-state index contributed by atoms with van der Waals surface area (Å²) in [5, 5.41) is 13.9. The van der Waals surface area contributed by atoms with Crippen molar-refractivity contribution in [3.8, 4) is 16.9 Å². The third kappa shape index (κ3) is 6.13. The van der Waals surface area contributed by atoms with Gasteiger partial charge in [-0.25, -0.2) is 9.48 Å². The van der Waals surface area contributed by atoms with E-state index in [4.69, 9.17) is 9.47 Å². The van der Waals surface area contributed by atoms with Gasteiger partial charge in [0.05, 0.1) is 13.3 Å². The van der Waals surface area contributed by atoms with Crippen LogP contribution < -0.4 is 9.64 Å². The van der Waals surface area contributed by atoms with E-state index in [1.54, 1.807) is 14.2 Å². The van der Waals surface area contributed by atoms with Crippen LogP contribution in [0.2, 0.25) is 0 Å². The second-order valence-corrected chi connectivity index (χ2v) is 10.3. The molecule has 2 aromatic carbocycles. The fourth-order valence-electron chi connectivity index (χ4n) is 5.42. The van der Waals surface area contributed by atoms with Gasteiger partial charge in [-0.1, -0.05) is 24.3 Å². The van der Waals surface area contributed by atoms with Gasteiger partial charge in [-0.3, -0.25) is 9.69 Å². The lowest BCUT2D eigenvalue weighted by molar-refractivity contribution is -0.123. The van der Waals surface area contributed by atoms with Crippen LogP contribution in [0.15, 0.2) is 60.9 Å². The molecule has 2 unspecified atom stereocenters. The van der Waals surface area contributed by atoms with Gasteiger partial charge in [-0.05, 0) is 61.1 Å². The number of nitrogens with zero attached hydrogens (tertiary/aromatic N) is 5. The van der Waals surface area contributed by atoms with Crippen molar-refractivity contribution in [1.82, 2.24) is 19.6 Å². The molecule has 2 fully saturated rings. The SMILES string of the molecule is COc1cccc(C2C(=O)N(c3ccc(-c4cnn(C5CCCCO5)c4)cc3)CCCN2CCN(C)C(=O)O)c1. The minimum atomic E-state index is -0.988. The summed E-state index contributed by atoms with van der Waals surface area (Å²) in [4.78, 5) is 30.7. The molecule has 1 N–H and O–H groups in total. The third-order valence-electron chi connectivity index (χ3n) is 7.72. The van der Waals surface area contributed by atoms with Crippen LogP contribution in [0.25, 0.3) is 11.1 Å². The van der Waals surface area contributed by atoms with Crippen molar-refractivity contribution in [1.29, 1.82) is 0 Å². The highest BCUT2D eigenvalue weighted by Gasteiger charge is 2.35. The molecule has 3 heterocycles. The number of carbonyl (C=O) groups is 2. The molecule has 10 nitrogen and oxygen atoms in total. The molecule has 2 atom stereocenters. The Hall–Kier alpha value is -3.89. The monoisotopic (exact) mass is 547 g/mol. The predicted molar refractivity (Wildman–Crippen MR) is 151 cm³/mol. The molecule has 10 heteroatoms. The van der Waals surface area contributed by atoms with Gasteiger partial charge in [0.25, 0.3) is 0 Å². The lowest BCUT2D eigenvalue weighted by atomic mass is 10.0. The average molecular weight is 548 g/mol. The zero-order valence-electron chi connectivity index (χ0n) is 23.1. The number of carbonyl (C=O) groups excluding carboxylic acids is 1. The Balaban J connectivity index is 1.38. The van der Waals surface area contributed by atoms with Crippen molar-refractivity contribution in [2.75, 3.05) is 51.8 Å². The van der Waals surface area contributed by atoms with Crippen LogP contribution in [0.1, 0.15) is 43.5 Å². The van der Waals surface area contributed by atoms with E-state index in [9.17, 15) is 14.7 Å². The summed E-state index contributed by atoms with van der Waals surface area (Å²) < 4.78 is 13.2. The number of hydrogen-bond acceptors (Lipinski definition) is 6. The number of ether oxygens (including phenoxy) is 2. The van der Waals surface area contributed by atoms with Crippen LogP contribution >= 0.6 is 0 Å². The zero-order valence-corrected chi connectivity index (χ0v) is 23.1. The molecule has 0 radical (unpaired) electrons. The second-order valence-electron chi connectivity index (χ2n) is 10.3. The summed E-state index contributed by atoms with van der Waals surface area (Å²) in [7, 11) is 3.15. The molecule has 5 rings (SSSR count). The van der Waals surface area contributed by atoms with E-state index in [-0.39, 0.29) is 12.1 Å². The minimum absolute atomic E-state index is 0.0109. The summed E-state index contributed by atoms with van der Waals surface area (Å²) in [6.45, 7) is 2.75. The molecule has 2 amide bonds. The number of amides is 2. The van der Waals surface area contributed by atoms with Gasteiger partial charge in [0, 0.05) is 57.3 Å². The first-order chi connectivity index (χ1) is 19.4. The number of aromatic nitrogens is 2. The van der Waals surface area contributed by atoms with Gasteiger partial charge in [-0.2, -0.15) is 5.10 Å². The first-order valence-electron chi connectivity index (χ1n) is 13.8. The van der Waals surface area contributed by atoms with E-state index in [0.717, 1.165) is 54.7 Å². The van der Waals surface area contributed by atoms with E-state index in [1.807, 2.05) is 70.5 Å². The van der Waals surface area contributed by atoms with Crippen molar-refractivity contribution in [3.05, 3.63) is 66.5 Å². The second kappa shape index (κ2) is 12.5. The maximum Gasteiger partial charge on any atom is 0.407 e. The van der Waals surface area contributed by atoms with Crippen LogP contribution in [0.5, 0.6) is 5.75 Å². The number of benzene rings is 2. The fourth-order valence-corrected chi connectivity index (χ4v) is 5.42. The lowest BCUT2D eigenvalue weighted by Gasteiger charge is -2.32. The first kappa shape index (κ1) is 27.7. The molecule has 212 valence electrons. The van der Waals surface area contributed by atoms with Crippen molar-refractivity contribution >= 4 is 17.7 Å². The number of rotatable bonds is 8. The summed E-state index contributed by atoms with van der Waals surface area (Å²) in [6, 6.07) is 15.0. The Morgan fingerprint density at radius 3 is 2.67 bits per heavy atom. The van der Waals surface area contributed by atoms with Crippen LogP contribution in [0.3, 0.4) is 0 Å². The van der Waals surface area contributed by atoms with E-state index in [1.165, 1.54) is 4.90 Å². The number of carboxylic acid groups (broad SMARTS) is 1.